The van der Waals surface area contributed by atoms with Crippen molar-refractivity contribution in [1.82, 2.24) is 5.32 Å². The normalized spacial score (nSPS) is 20.2. The van der Waals surface area contributed by atoms with E-state index in [1.807, 2.05) is 6.92 Å². The maximum Gasteiger partial charge on any atom is 0.250 e. The fraction of sp³-hybridized carbons (Fsp3) is 0.900. The summed E-state index contributed by atoms with van der Waals surface area (Å²) in [5.74, 6) is 0.311. The Hall–Kier alpha value is -0.610. The van der Waals surface area contributed by atoms with Crippen LogP contribution in [0, 0.1) is 5.92 Å². The molecular weight excluding hydrogens is 180 g/mol. The molecule has 1 aliphatic rings. The van der Waals surface area contributed by atoms with Crippen LogP contribution in [0.5, 0.6) is 0 Å². The Morgan fingerprint density at radius 3 is 2.79 bits per heavy atom. The van der Waals surface area contributed by atoms with Gasteiger partial charge in [0.25, 0.3) is 0 Å². The number of rotatable bonds is 6. The van der Waals surface area contributed by atoms with Crippen molar-refractivity contribution in [2.45, 2.75) is 44.8 Å². The van der Waals surface area contributed by atoms with Crippen LogP contribution in [0.1, 0.15) is 32.6 Å². The number of nitrogens with one attached hydrogen (secondary N) is 1. The number of aliphatic hydroxyl groups is 1. The first-order valence-corrected chi connectivity index (χ1v) is 5.36. The standard InChI is InChI=1S/C10H20N2O2/c1-2-3-8(11)9(13)10(14)12-6-7-4-5-7/h7-9,13H,2-6,11H2,1H3,(H,12,14). The highest BCUT2D eigenvalue weighted by molar-refractivity contribution is 5.81. The van der Waals surface area contributed by atoms with Gasteiger partial charge in [-0.3, -0.25) is 4.79 Å². The predicted molar refractivity (Wildman–Crippen MR) is 54.6 cm³/mol. The Labute approximate surface area is 84.9 Å². The molecule has 0 aromatic heterocycles. The van der Waals surface area contributed by atoms with Crippen molar-refractivity contribution in [3.8, 4) is 0 Å². The third kappa shape index (κ3) is 3.64. The molecule has 0 aliphatic heterocycles. The number of nitrogens with two attached hydrogens (primary N) is 1. The average Bonchev–Trinajstić information content (AvgIpc) is 2.97. The molecule has 1 rings (SSSR count). The van der Waals surface area contributed by atoms with E-state index >= 15 is 0 Å². The Kier molecular flexibility index (Phi) is 4.35. The molecule has 1 saturated carbocycles. The molecule has 14 heavy (non-hydrogen) atoms. The van der Waals surface area contributed by atoms with Crippen molar-refractivity contribution in [3.63, 3.8) is 0 Å². The Morgan fingerprint density at radius 1 is 1.64 bits per heavy atom. The lowest BCUT2D eigenvalue weighted by molar-refractivity contribution is -0.130. The lowest BCUT2D eigenvalue weighted by atomic mass is 10.1. The maximum absolute atomic E-state index is 11.4. The monoisotopic (exact) mass is 200 g/mol. The van der Waals surface area contributed by atoms with E-state index in [4.69, 9.17) is 5.73 Å². The highest BCUT2D eigenvalue weighted by Gasteiger charge is 2.25. The average molecular weight is 200 g/mol. The van der Waals surface area contributed by atoms with Gasteiger partial charge >= 0.3 is 0 Å². The summed E-state index contributed by atoms with van der Waals surface area (Å²) in [7, 11) is 0. The number of hydrogen-bond donors (Lipinski definition) is 3. The molecular formula is C10H20N2O2. The van der Waals surface area contributed by atoms with Gasteiger partial charge in [0, 0.05) is 12.6 Å². The molecule has 1 fully saturated rings. The largest absolute Gasteiger partial charge is 0.382 e. The first kappa shape index (κ1) is 11.5. The van der Waals surface area contributed by atoms with Crippen molar-refractivity contribution in [2.24, 2.45) is 11.7 Å². The Morgan fingerprint density at radius 2 is 2.29 bits per heavy atom. The first-order valence-electron chi connectivity index (χ1n) is 5.36. The third-order valence-corrected chi connectivity index (χ3v) is 2.56. The smallest absolute Gasteiger partial charge is 0.250 e. The van der Waals surface area contributed by atoms with Crippen LogP contribution in [-0.4, -0.2) is 29.7 Å². The molecule has 4 N–H and O–H groups in total. The van der Waals surface area contributed by atoms with E-state index < -0.39 is 12.1 Å². The van der Waals surface area contributed by atoms with Gasteiger partial charge in [0.05, 0.1) is 0 Å². The minimum absolute atomic E-state index is 0.321. The zero-order chi connectivity index (χ0) is 10.6. The van der Waals surface area contributed by atoms with Gasteiger partial charge in [-0.25, -0.2) is 0 Å². The lowest BCUT2D eigenvalue weighted by Gasteiger charge is -2.17. The molecule has 1 aliphatic carbocycles. The van der Waals surface area contributed by atoms with E-state index in [9.17, 15) is 9.90 Å². The van der Waals surface area contributed by atoms with Gasteiger partial charge in [-0.1, -0.05) is 13.3 Å². The summed E-state index contributed by atoms with van der Waals surface area (Å²) in [5.41, 5.74) is 5.64. The summed E-state index contributed by atoms with van der Waals surface area (Å²) in [5, 5.41) is 12.2. The maximum atomic E-state index is 11.4. The zero-order valence-corrected chi connectivity index (χ0v) is 8.70. The summed E-state index contributed by atoms with van der Waals surface area (Å²) in [6.07, 6.45) is 2.90. The molecule has 0 aromatic carbocycles. The number of hydrogen-bond acceptors (Lipinski definition) is 3. The van der Waals surface area contributed by atoms with Gasteiger partial charge in [0.15, 0.2) is 0 Å². The SMILES string of the molecule is CCCC(N)C(O)C(=O)NCC1CC1. The van der Waals surface area contributed by atoms with Crippen LogP contribution >= 0.6 is 0 Å². The second kappa shape index (κ2) is 5.32. The van der Waals surface area contributed by atoms with Gasteiger partial charge in [-0.2, -0.15) is 0 Å². The van der Waals surface area contributed by atoms with Crippen molar-refractivity contribution in [3.05, 3.63) is 0 Å². The second-order valence-electron chi connectivity index (χ2n) is 4.09. The van der Waals surface area contributed by atoms with Crippen LogP contribution in [0.25, 0.3) is 0 Å². The van der Waals surface area contributed by atoms with E-state index in [0.29, 0.717) is 18.9 Å². The molecule has 2 atom stereocenters. The third-order valence-electron chi connectivity index (χ3n) is 2.56. The number of carbonyl (C=O) groups is 1. The van der Waals surface area contributed by atoms with E-state index in [2.05, 4.69) is 5.32 Å². The van der Waals surface area contributed by atoms with Crippen molar-refractivity contribution >= 4 is 5.91 Å². The number of aliphatic hydroxyl groups excluding tert-OH is 1. The minimum atomic E-state index is -1.05. The van der Waals surface area contributed by atoms with Crippen LogP contribution < -0.4 is 11.1 Å². The number of carbonyl (C=O) groups excluding carboxylic acids is 1. The first-order chi connectivity index (χ1) is 6.65. The van der Waals surface area contributed by atoms with Crippen LogP contribution in [0.15, 0.2) is 0 Å². The molecule has 0 bridgehead atoms. The molecule has 0 aromatic rings. The summed E-state index contributed by atoms with van der Waals surface area (Å²) in [6.45, 7) is 2.67. The predicted octanol–water partition coefficient (Wildman–Crippen LogP) is 0.000900. The molecule has 82 valence electrons. The Balaban J connectivity index is 2.19. The second-order valence-corrected chi connectivity index (χ2v) is 4.09. The summed E-state index contributed by atoms with van der Waals surface area (Å²) in [4.78, 5) is 11.4. The van der Waals surface area contributed by atoms with Gasteiger partial charge < -0.3 is 16.2 Å². The molecule has 0 radical (unpaired) electrons. The van der Waals surface area contributed by atoms with Gasteiger partial charge in [0.2, 0.25) is 5.91 Å². The number of amides is 1. The summed E-state index contributed by atoms with van der Waals surface area (Å²) < 4.78 is 0. The quantitative estimate of drug-likeness (QED) is 0.565. The lowest BCUT2D eigenvalue weighted by Crippen LogP contribution is -2.46. The minimum Gasteiger partial charge on any atom is -0.382 e. The molecule has 1 amide bonds. The fourth-order valence-electron chi connectivity index (χ4n) is 1.36. The topological polar surface area (TPSA) is 75.3 Å². The molecule has 0 heterocycles. The van der Waals surface area contributed by atoms with Crippen LogP contribution in [0.3, 0.4) is 0 Å². The van der Waals surface area contributed by atoms with Gasteiger partial charge in [-0.05, 0) is 25.2 Å². The zero-order valence-electron chi connectivity index (χ0n) is 8.70. The molecule has 4 nitrogen and oxygen atoms in total. The molecule has 2 unspecified atom stereocenters. The Bertz CT molecular complexity index is 193. The highest BCUT2D eigenvalue weighted by atomic mass is 16.3. The highest BCUT2D eigenvalue weighted by Crippen LogP contribution is 2.27. The van der Waals surface area contributed by atoms with Gasteiger partial charge in [0.1, 0.15) is 6.10 Å². The van der Waals surface area contributed by atoms with E-state index in [1.54, 1.807) is 0 Å². The van der Waals surface area contributed by atoms with Crippen molar-refractivity contribution in [1.29, 1.82) is 0 Å². The van der Waals surface area contributed by atoms with Crippen LogP contribution in [0.4, 0.5) is 0 Å². The van der Waals surface area contributed by atoms with Crippen molar-refractivity contribution in [2.75, 3.05) is 6.54 Å². The fourth-order valence-corrected chi connectivity index (χ4v) is 1.36. The van der Waals surface area contributed by atoms with Crippen LogP contribution in [0.2, 0.25) is 0 Å². The van der Waals surface area contributed by atoms with Gasteiger partial charge in [-0.15, -0.1) is 0 Å². The summed E-state index contributed by atoms with van der Waals surface area (Å²) in [6, 6.07) is -0.431. The molecule has 4 heteroatoms. The molecule has 0 spiro atoms. The van der Waals surface area contributed by atoms with Crippen LogP contribution in [-0.2, 0) is 4.79 Å². The molecule has 0 saturated heterocycles. The van der Waals surface area contributed by atoms with E-state index in [-0.39, 0.29) is 5.91 Å². The van der Waals surface area contributed by atoms with Crippen molar-refractivity contribution < 1.29 is 9.90 Å². The van der Waals surface area contributed by atoms with E-state index in [0.717, 1.165) is 6.42 Å². The summed E-state index contributed by atoms with van der Waals surface area (Å²) >= 11 is 0. The van der Waals surface area contributed by atoms with E-state index in [1.165, 1.54) is 12.8 Å².